The van der Waals surface area contributed by atoms with Gasteiger partial charge >= 0.3 is 6.36 Å². The SMILES string of the molecule is O=CNc1ccc(OC(F)(F)F)cc1.[HH].c1ccc(CN2CCCCC2)nc1. The highest BCUT2D eigenvalue weighted by Crippen LogP contribution is 2.23. The first-order chi connectivity index (χ1) is 13.0. The zero-order chi connectivity index (χ0) is 19.5. The first-order valence-corrected chi connectivity index (χ1v) is 8.64. The zero-order valence-corrected chi connectivity index (χ0v) is 14.8. The maximum Gasteiger partial charge on any atom is 0.573 e. The van der Waals surface area contributed by atoms with Crippen molar-refractivity contribution in [1.82, 2.24) is 9.88 Å². The van der Waals surface area contributed by atoms with Gasteiger partial charge in [0.15, 0.2) is 0 Å². The van der Waals surface area contributed by atoms with Crippen molar-refractivity contribution >= 4 is 12.1 Å². The summed E-state index contributed by atoms with van der Waals surface area (Å²) in [6, 6.07) is 11.0. The van der Waals surface area contributed by atoms with Gasteiger partial charge in [-0.05, 0) is 62.3 Å². The molecule has 1 aromatic heterocycles. The van der Waals surface area contributed by atoms with Crippen molar-refractivity contribution in [3.05, 3.63) is 54.4 Å². The van der Waals surface area contributed by atoms with Crippen molar-refractivity contribution in [3.8, 4) is 5.75 Å². The van der Waals surface area contributed by atoms with Gasteiger partial charge in [0.25, 0.3) is 0 Å². The predicted octanol–water partition coefficient (Wildman–Crippen LogP) is 4.47. The number of likely N-dealkylation sites (tertiary alicyclic amines) is 1. The molecule has 0 unspecified atom stereocenters. The Kier molecular flexibility index (Phi) is 8.06. The van der Waals surface area contributed by atoms with Crippen LogP contribution >= 0.6 is 0 Å². The number of ether oxygens (including phenoxy) is 1. The number of anilines is 1. The van der Waals surface area contributed by atoms with Gasteiger partial charge in [0.2, 0.25) is 6.41 Å². The van der Waals surface area contributed by atoms with E-state index in [2.05, 4.69) is 32.1 Å². The number of rotatable bonds is 5. The summed E-state index contributed by atoms with van der Waals surface area (Å²) in [7, 11) is 0. The number of nitrogens with zero attached hydrogens (tertiary/aromatic N) is 2. The lowest BCUT2D eigenvalue weighted by Crippen LogP contribution is -2.29. The molecule has 1 amide bonds. The van der Waals surface area contributed by atoms with E-state index >= 15 is 0 Å². The Bertz CT molecular complexity index is 679. The van der Waals surface area contributed by atoms with Crippen LogP contribution in [0.3, 0.4) is 0 Å². The van der Waals surface area contributed by atoms with Gasteiger partial charge < -0.3 is 10.1 Å². The number of pyridine rings is 1. The minimum atomic E-state index is -4.69. The Hall–Kier alpha value is -2.61. The monoisotopic (exact) mass is 383 g/mol. The van der Waals surface area contributed by atoms with Crippen LogP contribution in [0.1, 0.15) is 26.4 Å². The highest BCUT2D eigenvalue weighted by Gasteiger charge is 2.30. The van der Waals surface area contributed by atoms with E-state index in [1.54, 1.807) is 0 Å². The van der Waals surface area contributed by atoms with E-state index in [4.69, 9.17) is 0 Å². The highest BCUT2D eigenvalue weighted by atomic mass is 19.4. The smallest absolute Gasteiger partial charge is 0.406 e. The average molecular weight is 383 g/mol. The fourth-order valence-corrected chi connectivity index (χ4v) is 2.66. The average Bonchev–Trinajstić information content (AvgIpc) is 2.65. The van der Waals surface area contributed by atoms with Crippen LogP contribution in [-0.4, -0.2) is 35.7 Å². The van der Waals surface area contributed by atoms with Gasteiger partial charge in [0.05, 0.1) is 5.69 Å². The minimum absolute atomic E-state index is 0. The Morgan fingerprint density at radius 2 is 1.81 bits per heavy atom. The second kappa shape index (κ2) is 10.5. The standard InChI is InChI=1S/C11H16N2.C8H6F3NO2.H2/c1-4-8-13(9-5-1)10-11-6-2-3-7-12-11;9-8(10,11)14-7-3-1-6(2-4-7)12-5-13;/h2-3,6-7H,1,4-5,8-10H2;1-5H,(H,12,13);1H. The normalized spacial score (nSPS) is 14.6. The van der Waals surface area contributed by atoms with Crippen LogP contribution in [0.25, 0.3) is 0 Å². The van der Waals surface area contributed by atoms with Gasteiger partial charge in [-0.3, -0.25) is 14.7 Å². The van der Waals surface area contributed by atoms with E-state index in [1.807, 2.05) is 12.3 Å². The molecule has 0 aliphatic carbocycles. The molecule has 1 aliphatic heterocycles. The number of hydrogen-bond acceptors (Lipinski definition) is 4. The summed E-state index contributed by atoms with van der Waals surface area (Å²) in [6.07, 6.45) is 1.72. The molecule has 0 spiro atoms. The molecule has 1 saturated heterocycles. The molecular weight excluding hydrogens is 359 g/mol. The van der Waals surface area contributed by atoms with Crippen LogP contribution in [0.5, 0.6) is 5.75 Å². The van der Waals surface area contributed by atoms with E-state index in [0.717, 1.165) is 18.7 Å². The van der Waals surface area contributed by atoms with Crippen molar-refractivity contribution in [2.75, 3.05) is 18.4 Å². The van der Waals surface area contributed by atoms with Gasteiger partial charge in [-0.15, -0.1) is 13.2 Å². The molecule has 8 heteroatoms. The van der Waals surface area contributed by atoms with Gasteiger partial charge in [-0.1, -0.05) is 12.5 Å². The summed E-state index contributed by atoms with van der Waals surface area (Å²) >= 11 is 0. The van der Waals surface area contributed by atoms with Crippen molar-refractivity contribution < 1.29 is 24.1 Å². The number of amides is 1. The molecule has 0 saturated carbocycles. The number of benzene rings is 1. The first kappa shape index (κ1) is 20.7. The lowest BCUT2D eigenvalue weighted by Gasteiger charge is -2.25. The molecule has 0 bridgehead atoms. The second-order valence-electron chi connectivity index (χ2n) is 5.99. The fourth-order valence-electron chi connectivity index (χ4n) is 2.66. The molecule has 1 aromatic carbocycles. The van der Waals surface area contributed by atoms with E-state index in [1.165, 1.54) is 50.2 Å². The van der Waals surface area contributed by atoms with Gasteiger partial charge in [0.1, 0.15) is 5.75 Å². The molecule has 148 valence electrons. The van der Waals surface area contributed by atoms with Crippen LogP contribution in [-0.2, 0) is 11.3 Å². The summed E-state index contributed by atoms with van der Waals surface area (Å²) in [5, 5.41) is 2.28. The first-order valence-electron chi connectivity index (χ1n) is 8.64. The van der Waals surface area contributed by atoms with Crippen LogP contribution in [0.2, 0.25) is 0 Å². The molecule has 1 aliphatic rings. The van der Waals surface area contributed by atoms with Crippen molar-refractivity contribution in [2.24, 2.45) is 0 Å². The van der Waals surface area contributed by atoms with E-state index in [9.17, 15) is 18.0 Å². The summed E-state index contributed by atoms with van der Waals surface area (Å²) in [5.41, 5.74) is 1.60. The van der Waals surface area contributed by atoms with Crippen LogP contribution in [0.4, 0.5) is 18.9 Å². The number of halogens is 3. The number of carbonyl (C=O) groups excluding carboxylic acids is 1. The van der Waals surface area contributed by atoms with Gasteiger partial charge in [0, 0.05) is 19.9 Å². The Morgan fingerprint density at radius 1 is 1.11 bits per heavy atom. The van der Waals surface area contributed by atoms with Gasteiger partial charge in [-0.2, -0.15) is 0 Å². The molecule has 1 N–H and O–H groups in total. The highest BCUT2D eigenvalue weighted by molar-refractivity contribution is 5.71. The maximum absolute atomic E-state index is 11.7. The predicted molar refractivity (Wildman–Crippen MR) is 98.3 cm³/mol. The lowest BCUT2D eigenvalue weighted by molar-refractivity contribution is -0.274. The third kappa shape index (κ3) is 8.54. The summed E-state index contributed by atoms with van der Waals surface area (Å²) in [6.45, 7) is 3.52. The number of hydrogen-bond donors (Lipinski definition) is 1. The Balaban J connectivity index is 0.000000271. The Labute approximate surface area is 157 Å². The second-order valence-corrected chi connectivity index (χ2v) is 5.99. The molecule has 1 fully saturated rings. The molecule has 0 atom stereocenters. The quantitative estimate of drug-likeness (QED) is 0.774. The van der Waals surface area contributed by atoms with E-state index < -0.39 is 6.36 Å². The van der Waals surface area contributed by atoms with Crippen molar-refractivity contribution in [2.45, 2.75) is 32.2 Å². The minimum Gasteiger partial charge on any atom is -0.406 e. The van der Waals surface area contributed by atoms with Crippen LogP contribution in [0.15, 0.2) is 48.7 Å². The number of piperidine rings is 1. The third-order valence-electron chi connectivity index (χ3n) is 3.87. The largest absolute Gasteiger partial charge is 0.573 e. The third-order valence-corrected chi connectivity index (χ3v) is 3.87. The van der Waals surface area contributed by atoms with Crippen LogP contribution < -0.4 is 10.1 Å². The molecular formula is C19H24F3N3O2. The molecule has 3 rings (SSSR count). The number of nitrogens with one attached hydrogen (secondary N) is 1. The number of alkyl halides is 3. The van der Waals surface area contributed by atoms with E-state index in [-0.39, 0.29) is 7.18 Å². The molecule has 2 aromatic rings. The Morgan fingerprint density at radius 3 is 2.37 bits per heavy atom. The number of aromatic nitrogens is 1. The van der Waals surface area contributed by atoms with Crippen LogP contribution in [0, 0.1) is 0 Å². The lowest BCUT2D eigenvalue weighted by atomic mass is 10.1. The fraction of sp³-hybridized carbons (Fsp3) is 0.368. The summed E-state index contributed by atoms with van der Waals surface area (Å²) in [5.74, 6) is -0.325. The summed E-state index contributed by atoms with van der Waals surface area (Å²) in [4.78, 5) is 16.8. The van der Waals surface area contributed by atoms with E-state index in [0.29, 0.717) is 12.1 Å². The molecule has 5 nitrogen and oxygen atoms in total. The molecule has 2 heterocycles. The van der Waals surface area contributed by atoms with Gasteiger partial charge in [-0.25, -0.2) is 0 Å². The zero-order valence-electron chi connectivity index (χ0n) is 14.8. The summed E-state index contributed by atoms with van der Waals surface area (Å²) < 4.78 is 38.7. The van der Waals surface area contributed by atoms with Crippen molar-refractivity contribution in [3.63, 3.8) is 0 Å². The van der Waals surface area contributed by atoms with Crippen molar-refractivity contribution in [1.29, 1.82) is 0 Å². The molecule has 27 heavy (non-hydrogen) atoms. The molecule has 0 radical (unpaired) electrons. The topological polar surface area (TPSA) is 54.5 Å². The number of carbonyl (C=O) groups is 1. The maximum atomic E-state index is 11.7.